The minimum Gasteiger partial charge on any atom is -0.483 e. The highest BCUT2D eigenvalue weighted by molar-refractivity contribution is 7.89. The fraction of sp³-hybridized carbons (Fsp3) is 0.565. The topological polar surface area (TPSA) is 84.7 Å². The lowest BCUT2D eigenvalue weighted by Crippen LogP contribution is -2.49. The van der Waals surface area contributed by atoms with Crippen LogP contribution >= 0.6 is 11.6 Å². The number of piperazine rings is 1. The molecule has 1 aliphatic carbocycles. The maximum Gasteiger partial charge on any atom is 0.316 e. The number of sulfonamides is 1. The monoisotopic (exact) mass is 494 g/mol. The normalized spacial score (nSPS) is 18.1. The molecule has 10 heteroatoms. The van der Waals surface area contributed by atoms with Gasteiger partial charge in [0.25, 0.3) is 0 Å². The molecule has 2 heterocycles. The zero-order valence-electron chi connectivity index (χ0n) is 19.0. The molecule has 2 fully saturated rings. The summed E-state index contributed by atoms with van der Waals surface area (Å²) >= 11 is 6.12. The zero-order valence-corrected chi connectivity index (χ0v) is 20.5. The molecule has 1 aromatic carbocycles. The third kappa shape index (κ3) is 5.53. The van der Waals surface area contributed by atoms with E-state index < -0.39 is 10.0 Å². The summed E-state index contributed by atoms with van der Waals surface area (Å²) in [6, 6.07) is 6.98. The maximum absolute atomic E-state index is 13.5. The van der Waals surface area contributed by atoms with Gasteiger partial charge in [-0.3, -0.25) is 4.79 Å². The van der Waals surface area contributed by atoms with Crippen molar-refractivity contribution in [2.24, 2.45) is 0 Å². The Morgan fingerprint density at radius 3 is 2.55 bits per heavy atom. The van der Waals surface area contributed by atoms with Crippen molar-refractivity contribution < 1.29 is 13.2 Å². The van der Waals surface area contributed by atoms with Gasteiger partial charge in [-0.05, 0) is 50.3 Å². The average Bonchev–Trinajstić information content (AvgIpc) is 3.32. The van der Waals surface area contributed by atoms with E-state index in [0.717, 1.165) is 32.1 Å². The molecule has 33 heavy (non-hydrogen) atoms. The second kappa shape index (κ2) is 10.4. The molecule has 2 aromatic rings. The van der Waals surface area contributed by atoms with Crippen molar-refractivity contribution in [3.05, 3.63) is 45.8 Å². The van der Waals surface area contributed by atoms with Crippen molar-refractivity contribution in [1.82, 2.24) is 14.1 Å². The first-order valence-electron chi connectivity index (χ1n) is 11.7. The van der Waals surface area contributed by atoms with Gasteiger partial charge in [-0.25, -0.2) is 8.42 Å². The quantitative estimate of drug-likeness (QED) is 0.558. The van der Waals surface area contributed by atoms with Gasteiger partial charge in [-0.15, -0.1) is 0 Å². The summed E-state index contributed by atoms with van der Waals surface area (Å²) in [5, 5.41) is 4.92. The number of ether oxygens (including phenoxy) is 1. The molecule has 0 N–H and O–H groups in total. The number of aromatic nitrogens is 2. The predicted octanol–water partition coefficient (Wildman–Crippen LogP) is 3.46. The largest absolute Gasteiger partial charge is 0.483 e. The van der Waals surface area contributed by atoms with Crippen molar-refractivity contribution in [3.63, 3.8) is 0 Å². The molecule has 4 rings (SSSR count). The number of benzene rings is 1. The highest BCUT2D eigenvalue weighted by atomic mass is 35.5. The smallest absolute Gasteiger partial charge is 0.316 e. The molecule has 1 saturated heterocycles. The van der Waals surface area contributed by atoms with Gasteiger partial charge in [0.1, 0.15) is 5.69 Å². The van der Waals surface area contributed by atoms with Crippen LogP contribution in [-0.4, -0.2) is 60.5 Å². The van der Waals surface area contributed by atoms with Crippen LogP contribution in [0.5, 0.6) is 5.75 Å². The van der Waals surface area contributed by atoms with Crippen molar-refractivity contribution in [3.8, 4) is 11.4 Å². The summed E-state index contributed by atoms with van der Waals surface area (Å²) in [5.41, 5.74) is 0.859. The van der Waals surface area contributed by atoms with Crippen LogP contribution in [0.15, 0.2) is 35.3 Å². The molecular formula is C23H31ClN4O4S. The fourth-order valence-corrected chi connectivity index (χ4v) is 6.21. The van der Waals surface area contributed by atoms with E-state index in [1.807, 2.05) is 11.8 Å². The van der Waals surface area contributed by atoms with Gasteiger partial charge in [-0.1, -0.05) is 31.0 Å². The lowest BCUT2D eigenvalue weighted by molar-refractivity contribution is 0.205. The van der Waals surface area contributed by atoms with Crippen LogP contribution in [0, 0.1) is 0 Å². The Morgan fingerprint density at radius 1 is 1.15 bits per heavy atom. The van der Waals surface area contributed by atoms with Crippen molar-refractivity contribution in [1.29, 1.82) is 0 Å². The van der Waals surface area contributed by atoms with E-state index in [1.165, 1.54) is 4.68 Å². The number of halogens is 1. The van der Waals surface area contributed by atoms with Gasteiger partial charge >= 0.3 is 5.56 Å². The minimum absolute atomic E-state index is 0.00220. The van der Waals surface area contributed by atoms with Crippen molar-refractivity contribution >= 4 is 27.3 Å². The van der Waals surface area contributed by atoms with Gasteiger partial charge < -0.3 is 9.64 Å². The molecule has 1 aromatic heterocycles. The molecule has 2 aliphatic rings. The standard InChI is InChI=1S/C23H31ClN4O4S/c1-2-3-15-33(30,31)27-13-11-26(12-14-27)21-17-25-28(19-8-6-7-18(24)16-19)23(29)22(21)32-20-9-4-5-10-20/h6-8,16-17,20H,2-5,9-15H2,1H3. The van der Waals surface area contributed by atoms with Gasteiger partial charge in [0.05, 0.1) is 23.7 Å². The maximum atomic E-state index is 13.5. The summed E-state index contributed by atoms with van der Waals surface area (Å²) in [7, 11) is -3.25. The summed E-state index contributed by atoms with van der Waals surface area (Å²) in [6.45, 7) is 3.71. The number of anilines is 1. The number of unbranched alkanes of at least 4 members (excludes halogenated alkanes) is 1. The number of nitrogens with zero attached hydrogens (tertiary/aromatic N) is 4. The Bertz CT molecular complexity index is 1120. The van der Waals surface area contributed by atoms with E-state index in [9.17, 15) is 13.2 Å². The highest BCUT2D eigenvalue weighted by Gasteiger charge is 2.30. The van der Waals surface area contributed by atoms with Crippen LogP contribution in [0.25, 0.3) is 5.69 Å². The fourth-order valence-electron chi connectivity index (χ4n) is 4.39. The van der Waals surface area contributed by atoms with E-state index >= 15 is 0 Å². The van der Waals surface area contributed by atoms with Crippen LogP contribution in [0.2, 0.25) is 5.02 Å². The molecule has 1 aliphatic heterocycles. The highest BCUT2D eigenvalue weighted by Crippen LogP contribution is 2.30. The number of hydrogen-bond acceptors (Lipinski definition) is 6. The van der Waals surface area contributed by atoms with Crippen LogP contribution in [0.1, 0.15) is 45.4 Å². The van der Waals surface area contributed by atoms with E-state index in [1.54, 1.807) is 34.8 Å². The first-order valence-corrected chi connectivity index (χ1v) is 13.7. The predicted molar refractivity (Wildman–Crippen MR) is 130 cm³/mol. The lowest BCUT2D eigenvalue weighted by Gasteiger charge is -2.36. The Labute approximate surface area is 200 Å². The molecule has 0 bridgehead atoms. The van der Waals surface area contributed by atoms with E-state index in [4.69, 9.17) is 16.3 Å². The Balaban J connectivity index is 1.61. The van der Waals surface area contributed by atoms with Gasteiger partial charge in [0.15, 0.2) is 0 Å². The third-order valence-corrected chi connectivity index (χ3v) is 8.47. The number of rotatable bonds is 8. The first kappa shape index (κ1) is 24.0. The molecule has 0 radical (unpaired) electrons. The molecule has 0 unspecified atom stereocenters. The zero-order chi connectivity index (χ0) is 23.4. The van der Waals surface area contributed by atoms with Gasteiger partial charge in [0, 0.05) is 31.2 Å². The Kier molecular flexibility index (Phi) is 7.61. The first-order chi connectivity index (χ1) is 15.9. The lowest BCUT2D eigenvalue weighted by atomic mass is 10.2. The summed E-state index contributed by atoms with van der Waals surface area (Å²) in [5.74, 6) is 0.454. The van der Waals surface area contributed by atoms with E-state index in [-0.39, 0.29) is 23.2 Å². The Hall–Kier alpha value is -2.10. The van der Waals surface area contributed by atoms with Gasteiger partial charge in [-0.2, -0.15) is 14.1 Å². The second-order valence-electron chi connectivity index (χ2n) is 8.64. The van der Waals surface area contributed by atoms with Crippen LogP contribution in [-0.2, 0) is 10.0 Å². The van der Waals surface area contributed by atoms with Crippen molar-refractivity contribution in [2.45, 2.75) is 51.6 Å². The van der Waals surface area contributed by atoms with E-state index in [0.29, 0.717) is 49.0 Å². The molecule has 180 valence electrons. The second-order valence-corrected chi connectivity index (χ2v) is 11.2. The molecular weight excluding hydrogens is 464 g/mol. The molecule has 0 spiro atoms. The average molecular weight is 495 g/mol. The molecule has 0 atom stereocenters. The summed E-state index contributed by atoms with van der Waals surface area (Å²) in [6.07, 6.45) is 7.16. The number of hydrogen-bond donors (Lipinski definition) is 0. The Morgan fingerprint density at radius 2 is 1.88 bits per heavy atom. The molecule has 0 amide bonds. The van der Waals surface area contributed by atoms with Crippen LogP contribution in [0.3, 0.4) is 0 Å². The summed E-state index contributed by atoms with van der Waals surface area (Å²) in [4.78, 5) is 15.5. The van der Waals surface area contributed by atoms with Crippen LogP contribution < -0.4 is 15.2 Å². The molecule has 1 saturated carbocycles. The SMILES string of the molecule is CCCCS(=O)(=O)N1CCN(c2cnn(-c3cccc(Cl)c3)c(=O)c2OC2CCCC2)CC1. The van der Waals surface area contributed by atoms with E-state index in [2.05, 4.69) is 5.10 Å². The minimum atomic E-state index is -3.25. The van der Waals surface area contributed by atoms with Crippen molar-refractivity contribution in [2.75, 3.05) is 36.8 Å². The van der Waals surface area contributed by atoms with Crippen LogP contribution in [0.4, 0.5) is 5.69 Å². The third-order valence-electron chi connectivity index (χ3n) is 6.28. The molecule has 8 nitrogen and oxygen atoms in total. The summed E-state index contributed by atoms with van der Waals surface area (Å²) < 4.78 is 34.3. The van der Waals surface area contributed by atoms with Gasteiger partial charge in [0.2, 0.25) is 15.8 Å².